The number of nitriles is 1. The minimum atomic E-state index is -0.635. The molecule has 0 aliphatic carbocycles. The number of allylic oxidation sites excluding steroid dienone is 1. The number of hydrogen-bond acceptors (Lipinski definition) is 7. The molecule has 0 spiro atoms. The van der Waals surface area contributed by atoms with Crippen LogP contribution in [0.1, 0.15) is 28.9 Å². The Bertz CT molecular complexity index is 1400. The number of hydrogen-bond donors (Lipinski definition) is 1. The number of H-pyrrole nitrogens is 1. The van der Waals surface area contributed by atoms with E-state index in [1.807, 2.05) is 6.07 Å². The minimum absolute atomic E-state index is 0.193. The maximum atomic E-state index is 13.0. The maximum Gasteiger partial charge on any atom is 0.295 e. The van der Waals surface area contributed by atoms with E-state index in [2.05, 4.69) is 31.1 Å². The maximum absolute atomic E-state index is 13.0. The van der Waals surface area contributed by atoms with Crippen molar-refractivity contribution in [2.24, 2.45) is 0 Å². The molecule has 0 radical (unpaired) electrons. The number of rotatable bonds is 4. The molecule has 162 valence electrons. The van der Waals surface area contributed by atoms with E-state index >= 15 is 0 Å². The average molecular weight is 438 g/mol. The monoisotopic (exact) mass is 438 g/mol. The molecule has 1 saturated heterocycles. The number of aromatic amines is 1. The van der Waals surface area contributed by atoms with Crippen molar-refractivity contribution in [3.8, 4) is 11.9 Å². The summed E-state index contributed by atoms with van der Waals surface area (Å²) in [5.41, 5.74) is 3.18. The van der Waals surface area contributed by atoms with Gasteiger partial charge in [0.05, 0.1) is 16.8 Å². The van der Waals surface area contributed by atoms with E-state index in [9.17, 15) is 14.9 Å². The second kappa shape index (κ2) is 8.47. The summed E-state index contributed by atoms with van der Waals surface area (Å²) >= 11 is 0. The van der Waals surface area contributed by atoms with Gasteiger partial charge in [0, 0.05) is 37.9 Å². The van der Waals surface area contributed by atoms with Gasteiger partial charge in [-0.1, -0.05) is 6.07 Å². The van der Waals surface area contributed by atoms with Crippen molar-refractivity contribution >= 4 is 28.3 Å². The quantitative estimate of drug-likeness (QED) is 0.294. The summed E-state index contributed by atoms with van der Waals surface area (Å²) in [6.07, 6.45) is 8.85. The van der Waals surface area contributed by atoms with Crippen molar-refractivity contribution in [1.29, 1.82) is 5.26 Å². The smallest absolute Gasteiger partial charge is 0.295 e. The van der Waals surface area contributed by atoms with Crippen LogP contribution in [0.25, 0.3) is 22.4 Å². The Hall–Kier alpha value is -4.65. The lowest BCUT2D eigenvalue weighted by Crippen LogP contribution is -2.40. The lowest BCUT2D eigenvalue weighted by atomic mass is 9.96. The van der Waals surface area contributed by atoms with Gasteiger partial charge in [-0.2, -0.15) is 10.4 Å². The molecule has 0 atom stereocenters. The van der Waals surface area contributed by atoms with Gasteiger partial charge in [0.25, 0.3) is 11.7 Å². The highest BCUT2D eigenvalue weighted by Crippen LogP contribution is 2.26. The number of amides is 1. The van der Waals surface area contributed by atoms with E-state index < -0.39 is 11.7 Å². The number of ketones is 1. The number of likely N-dealkylation sites (tertiary alicyclic amines) is 1. The number of nitrogens with one attached hydrogen (secondary N) is 1. The molecule has 1 amide bonds. The van der Waals surface area contributed by atoms with Crippen molar-refractivity contribution in [3.05, 3.63) is 72.2 Å². The Balaban J connectivity index is 1.36. The first-order chi connectivity index (χ1) is 16.2. The number of Topliss-reactive ketones (excluding diaryl/α,β-unsaturated/α-hetero) is 1. The highest BCUT2D eigenvalue weighted by Gasteiger charge is 2.29. The van der Waals surface area contributed by atoms with Gasteiger partial charge < -0.3 is 9.88 Å². The molecule has 4 aromatic heterocycles. The van der Waals surface area contributed by atoms with Crippen LogP contribution in [0.15, 0.2) is 61.0 Å². The van der Waals surface area contributed by atoms with Crippen molar-refractivity contribution in [2.75, 3.05) is 13.1 Å². The summed E-state index contributed by atoms with van der Waals surface area (Å²) in [4.78, 5) is 43.2. The summed E-state index contributed by atoms with van der Waals surface area (Å²) in [5, 5.41) is 13.8. The Morgan fingerprint density at radius 3 is 2.61 bits per heavy atom. The fourth-order valence-corrected chi connectivity index (χ4v) is 3.98. The van der Waals surface area contributed by atoms with E-state index in [-0.39, 0.29) is 5.56 Å². The summed E-state index contributed by atoms with van der Waals surface area (Å²) in [6.45, 7) is 0.710. The summed E-state index contributed by atoms with van der Waals surface area (Å²) < 4.78 is 1.56. The van der Waals surface area contributed by atoms with E-state index in [0.29, 0.717) is 54.0 Å². The molecule has 0 aromatic carbocycles. The molecule has 0 unspecified atom stereocenters. The molecule has 5 heterocycles. The third kappa shape index (κ3) is 3.65. The number of nitrogens with zero attached hydrogens (tertiary/aromatic N) is 7. The molecule has 10 heteroatoms. The molecule has 33 heavy (non-hydrogen) atoms. The Labute approximate surface area is 188 Å². The second-order valence-electron chi connectivity index (χ2n) is 7.50. The highest BCUT2D eigenvalue weighted by molar-refractivity contribution is 6.44. The lowest BCUT2D eigenvalue weighted by Gasteiger charge is -2.28. The van der Waals surface area contributed by atoms with Crippen LogP contribution in [-0.2, 0) is 4.79 Å². The standard InChI is InChI=1S/C23H18N8O2/c24-12-16(18-4-1-2-7-25-18)15-5-10-30(11-6-15)23(33)21(32)17-13-26-20-19(17)27-14-28-22(20)31-9-3-8-29-31/h1-4,7-9,13-14,26H,5-6,10-11H2. The molecule has 0 bridgehead atoms. The van der Waals surface area contributed by atoms with Crippen LogP contribution in [-0.4, -0.2) is 59.4 Å². The second-order valence-corrected chi connectivity index (χ2v) is 7.50. The fraction of sp³-hybridized carbons (Fsp3) is 0.174. The van der Waals surface area contributed by atoms with Crippen molar-refractivity contribution in [3.63, 3.8) is 0 Å². The first kappa shape index (κ1) is 20.3. The van der Waals surface area contributed by atoms with Gasteiger partial charge in [-0.3, -0.25) is 14.6 Å². The van der Waals surface area contributed by atoms with Crippen LogP contribution in [0.5, 0.6) is 0 Å². The summed E-state index contributed by atoms with van der Waals surface area (Å²) in [7, 11) is 0. The van der Waals surface area contributed by atoms with Crippen LogP contribution in [0.2, 0.25) is 0 Å². The first-order valence-corrected chi connectivity index (χ1v) is 10.4. The Kier molecular flexibility index (Phi) is 5.20. The molecule has 1 N–H and O–H groups in total. The number of pyridine rings is 1. The molecular weight excluding hydrogens is 420 g/mol. The van der Waals surface area contributed by atoms with Crippen molar-refractivity contribution in [2.45, 2.75) is 12.8 Å². The van der Waals surface area contributed by atoms with Crippen LogP contribution in [0.4, 0.5) is 0 Å². The summed E-state index contributed by atoms with van der Waals surface area (Å²) in [6, 6.07) is 9.42. The normalized spacial score (nSPS) is 13.7. The SMILES string of the molecule is N#CC(=C1CCN(C(=O)C(=O)c2c[nH]c3c(-n4cccn4)ncnc23)CC1)c1ccccn1. The van der Waals surface area contributed by atoms with Gasteiger partial charge in [-0.05, 0) is 36.6 Å². The molecule has 1 aliphatic heterocycles. The Morgan fingerprint density at radius 1 is 1.06 bits per heavy atom. The lowest BCUT2D eigenvalue weighted by molar-refractivity contribution is -0.126. The van der Waals surface area contributed by atoms with Crippen molar-refractivity contribution in [1.82, 2.24) is 34.6 Å². The number of piperidine rings is 1. The van der Waals surface area contributed by atoms with E-state index in [4.69, 9.17) is 0 Å². The molecule has 10 nitrogen and oxygen atoms in total. The van der Waals surface area contributed by atoms with Crippen LogP contribution in [0.3, 0.4) is 0 Å². The number of fused-ring (bicyclic) bond motifs is 1. The zero-order valence-electron chi connectivity index (χ0n) is 17.5. The van der Waals surface area contributed by atoms with Gasteiger partial charge in [0.1, 0.15) is 23.4 Å². The van der Waals surface area contributed by atoms with Gasteiger partial charge in [0.2, 0.25) is 0 Å². The van der Waals surface area contributed by atoms with Gasteiger partial charge in [-0.15, -0.1) is 0 Å². The predicted molar refractivity (Wildman–Crippen MR) is 118 cm³/mol. The van der Waals surface area contributed by atoms with Crippen LogP contribution < -0.4 is 0 Å². The fourth-order valence-electron chi connectivity index (χ4n) is 3.98. The zero-order valence-corrected chi connectivity index (χ0v) is 17.5. The minimum Gasteiger partial charge on any atom is -0.356 e. The number of carbonyl (C=O) groups is 2. The average Bonchev–Trinajstić information content (AvgIpc) is 3.55. The molecule has 4 aromatic rings. The third-order valence-electron chi connectivity index (χ3n) is 5.64. The number of carbonyl (C=O) groups excluding carboxylic acids is 2. The van der Waals surface area contributed by atoms with E-state index in [1.165, 1.54) is 17.4 Å². The van der Waals surface area contributed by atoms with Crippen molar-refractivity contribution < 1.29 is 9.59 Å². The van der Waals surface area contributed by atoms with Gasteiger partial charge in [-0.25, -0.2) is 14.6 Å². The predicted octanol–water partition coefficient (Wildman–Crippen LogP) is 2.32. The van der Waals surface area contributed by atoms with Crippen LogP contribution in [0, 0.1) is 11.3 Å². The molecule has 1 fully saturated rings. The molecule has 1 aliphatic rings. The van der Waals surface area contributed by atoms with Crippen LogP contribution >= 0.6 is 0 Å². The van der Waals surface area contributed by atoms with Gasteiger partial charge >= 0.3 is 0 Å². The summed E-state index contributed by atoms with van der Waals surface area (Å²) in [5.74, 6) is -0.739. The third-order valence-corrected chi connectivity index (χ3v) is 5.64. The molecule has 5 rings (SSSR count). The van der Waals surface area contributed by atoms with Gasteiger partial charge in [0.15, 0.2) is 5.82 Å². The zero-order chi connectivity index (χ0) is 22.8. The Morgan fingerprint density at radius 2 is 1.91 bits per heavy atom. The largest absolute Gasteiger partial charge is 0.356 e. The highest BCUT2D eigenvalue weighted by atomic mass is 16.2. The molecule has 0 saturated carbocycles. The molecular formula is C23H18N8O2. The first-order valence-electron chi connectivity index (χ1n) is 10.4. The van der Waals surface area contributed by atoms with E-state index in [0.717, 1.165) is 5.57 Å². The number of aromatic nitrogens is 6. The van der Waals surface area contributed by atoms with E-state index in [1.54, 1.807) is 41.5 Å². The topological polar surface area (TPSA) is 133 Å².